The third-order valence-electron chi connectivity index (χ3n) is 13.6. The Kier molecular flexibility index (Phi) is 8.46. The first-order valence-electron chi connectivity index (χ1n) is 20.1. The number of fused-ring (bicyclic) bond motifs is 1. The van der Waals surface area contributed by atoms with Crippen molar-refractivity contribution in [3.8, 4) is 0 Å². The second kappa shape index (κ2) is 12.6. The van der Waals surface area contributed by atoms with Crippen molar-refractivity contribution in [3.05, 3.63) is 139 Å². The van der Waals surface area contributed by atoms with Crippen LogP contribution in [0.15, 0.2) is 71.8 Å². The third-order valence-corrected chi connectivity index (χ3v) is 13.6. The lowest BCUT2D eigenvalue weighted by atomic mass is 9.62. The van der Waals surface area contributed by atoms with Crippen LogP contribution in [0.4, 0.5) is 0 Å². The molecule has 0 heterocycles. The molecule has 3 aromatic carbocycles. The maximum atomic E-state index is 13.2. The molecule has 7 bridgehead atoms. The first-order chi connectivity index (χ1) is 23.8. The van der Waals surface area contributed by atoms with Crippen LogP contribution in [0.25, 0.3) is 0 Å². The quantitative estimate of drug-likeness (QED) is 0.231. The molecule has 0 amide bonds. The molecular weight excluding hydrogens is 593 g/mol. The van der Waals surface area contributed by atoms with Crippen molar-refractivity contribution in [1.29, 1.82) is 0 Å². The van der Waals surface area contributed by atoms with Gasteiger partial charge in [-0.2, -0.15) is 0 Å². The minimum Gasteiger partial charge on any atom is -0.380 e. The predicted octanol–water partition coefficient (Wildman–Crippen LogP) is 12.7. The first-order valence-corrected chi connectivity index (χ1v) is 20.1. The molecule has 0 saturated heterocycles. The number of aliphatic hydroxyl groups is 1. The van der Waals surface area contributed by atoms with E-state index < -0.39 is 5.60 Å². The van der Waals surface area contributed by atoms with E-state index in [9.17, 15) is 5.11 Å². The van der Waals surface area contributed by atoms with Crippen molar-refractivity contribution in [2.45, 2.75) is 154 Å². The molecule has 8 rings (SSSR count). The van der Waals surface area contributed by atoms with Crippen LogP contribution in [0.3, 0.4) is 0 Å². The molecule has 0 aliphatic heterocycles. The summed E-state index contributed by atoms with van der Waals surface area (Å²) in [5, 5.41) is 13.2. The molecule has 0 radical (unpaired) electrons. The van der Waals surface area contributed by atoms with Crippen molar-refractivity contribution in [2.24, 2.45) is 0 Å². The van der Waals surface area contributed by atoms with Gasteiger partial charge in [-0.1, -0.05) is 122 Å². The van der Waals surface area contributed by atoms with E-state index in [4.69, 9.17) is 6.58 Å². The molecular formula is C48H58O. The van der Waals surface area contributed by atoms with E-state index in [0.29, 0.717) is 29.6 Å². The highest BCUT2D eigenvalue weighted by Gasteiger charge is 2.45. The SMILES string of the molecule is C=C1/C=C2\C3=CC(CCCC)c4cc5c(cc4C1CC)C(CC)c1cc4c(cc1C5)C(O)(CCCC)c1cc(c(cc1C4CC)C2CC)C3. The topological polar surface area (TPSA) is 20.2 Å². The molecule has 0 fully saturated rings. The lowest BCUT2D eigenvalue weighted by Crippen LogP contribution is -2.36. The van der Waals surface area contributed by atoms with E-state index in [1.54, 1.807) is 11.1 Å². The van der Waals surface area contributed by atoms with Crippen molar-refractivity contribution in [2.75, 3.05) is 0 Å². The van der Waals surface area contributed by atoms with Gasteiger partial charge in [0.2, 0.25) is 0 Å². The molecule has 0 saturated carbocycles. The minimum absolute atomic E-state index is 0.294. The Morgan fingerprint density at radius 2 is 1.16 bits per heavy atom. The van der Waals surface area contributed by atoms with E-state index in [2.05, 4.69) is 90.1 Å². The van der Waals surface area contributed by atoms with E-state index in [-0.39, 0.29) is 0 Å². The Morgan fingerprint density at radius 3 is 1.78 bits per heavy atom. The maximum Gasteiger partial charge on any atom is 0.115 e. The van der Waals surface area contributed by atoms with Gasteiger partial charge in [0, 0.05) is 29.6 Å². The van der Waals surface area contributed by atoms with Gasteiger partial charge in [0.05, 0.1) is 0 Å². The second-order valence-electron chi connectivity index (χ2n) is 16.2. The molecule has 1 heteroatoms. The van der Waals surface area contributed by atoms with Gasteiger partial charge in [0.25, 0.3) is 0 Å². The van der Waals surface area contributed by atoms with Gasteiger partial charge in [-0.25, -0.2) is 0 Å². The lowest BCUT2D eigenvalue weighted by Gasteiger charge is -2.44. The summed E-state index contributed by atoms with van der Waals surface area (Å²) in [7, 11) is 0. The van der Waals surface area contributed by atoms with Gasteiger partial charge in [-0.15, -0.1) is 0 Å². The zero-order chi connectivity index (χ0) is 34.2. The molecule has 49 heavy (non-hydrogen) atoms. The second-order valence-corrected chi connectivity index (χ2v) is 16.2. The van der Waals surface area contributed by atoms with Gasteiger partial charge in [-0.3, -0.25) is 0 Å². The van der Waals surface area contributed by atoms with Crippen LogP contribution < -0.4 is 0 Å². The van der Waals surface area contributed by atoms with Crippen LogP contribution in [0.1, 0.15) is 202 Å². The van der Waals surface area contributed by atoms with Crippen LogP contribution in [0.2, 0.25) is 0 Å². The monoisotopic (exact) mass is 650 g/mol. The summed E-state index contributed by atoms with van der Waals surface area (Å²) in [6.07, 6.45) is 17.9. The maximum absolute atomic E-state index is 13.2. The van der Waals surface area contributed by atoms with E-state index >= 15 is 0 Å². The van der Waals surface area contributed by atoms with Crippen molar-refractivity contribution in [3.63, 3.8) is 0 Å². The van der Waals surface area contributed by atoms with Crippen molar-refractivity contribution < 1.29 is 5.11 Å². The Labute approximate surface area is 296 Å². The van der Waals surface area contributed by atoms with Gasteiger partial charge >= 0.3 is 0 Å². The number of rotatable bonds is 10. The number of hydrogen-bond acceptors (Lipinski definition) is 1. The summed E-state index contributed by atoms with van der Waals surface area (Å²) in [4.78, 5) is 0. The summed E-state index contributed by atoms with van der Waals surface area (Å²) < 4.78 is 0. The predicted molar refractivity (Wildman–Crippen MR) is 206 cm³/mol. The Bertz CT molecular complexity index is 1900. The molecule has 6 atom stereocenters. The summed E-state index contributed by atoms with van der Waals surface area (Å²) in [6, 6.07) is 15.5. The van der Waals surface area contributed by atoms with Crippen LogP contribution in [0, 0.1) is 0 Å². The van der Waals surface area contributed by atoms with E-state index in [1.807, 2.05) is 0 Å². The lowest BCUT2D eigenvalue weighted by molar-refractivity contribution is 0.0628. The molecule has 6 unspecified atom stereocenters. The van der Waals surface area contributed by atoms with Crippen molar-refractivity contribution in [1.82, 2.24) is 0 Å². The molecule has 3 aromatic rings. The minimum atomic E-state index is -0.965. The Hall–Kier alpha value is -3.16. The summed E-state index contributed by atoms with van der Waals surface area (Å²) in [5.41, 5.74) is 20.5. The van der Waals surface area contributed by atoms with Gasteiger partial charge in [0.1, 0.15) is 5.60 Å². The normalized spacial score (nSPS) is 28.1. The molecule has 1 N–H and O–H groups in total. The fraction of sp³-hybridized carbons (Fsp3) is 0.500. The zero-order valence-corrected chi connectivity index (χ0v) is 31.1. The van der Waals surface area contributed by atoms with Gasteiger partial charge < -0.3 is 5.11 Å². The number of benzene rings is 3. The van der Waals surface area contributed by atoms with Crippen molar-refractivity contribution >= 4 is 0 Å². The van der Waals surface area contributed by atoms with Gasteiger partial charge in [-0.05, 0) is 135 Å². The van der Waals surface area contributed by atoms with E-state index in [0.717, 1.165) is 57.8 Å². The summed E-state index contributed by atoms with van der Waals surface area (Å²) >= 11 is 0. The standard InChI is InChI=1S/C48H58O/c1-8-14-16-29-19-30-20-32-23-46-44-26-41(32)35(11-4)38(30)18-28(7)34(10-3)43-25-40-31(22-39(29)43)21-33-24-47(48(46,49)17-15-9-2)45(37(44)13-6)27-42(33)36(40)12-5/h18-19,22-27,29,34-37,49H,7-17,20-21H2,1-6H3/b30-19?,38-18+. The molecule has 5 aliphatic rings. The summed E-state index contributed by atoms with van der Waals surface area (Å²) in [6.45, 7) is 19.0. The van der Waals surface area contributed by atoms with Gasteiger partial charge in [0.15, 0.2) is 0 Å². The Balaban J connectivity index is 1.54. The van der Waals surface area contributed by atoms with Crippen LogP contribution in [-0.2, 0) is 18.4 Å². The highest BCUT2D eigenvalue weighted by atomic mass is 16.3. The van der Waals surface area contributed by atoms with Crippen LogP contribution >= 0.6 is 0 Å². The molecule has 5 aliphatic carbocycles. The number of hydrogen-bond donors (Lipinski definition) is 1. The molecule has 0 spiro atoms. The number of unbranched alkanes of at least 4 members (excludes halogenated alkanes) is 2. The van der Waals surface area contributed by atoms with Crippen LogP contribution in [0.5, 0.6) is 0 Å². The molecule has 0 aromatic heterocycles. The third kappa shape index (κ3) is 4.88. The Morgan fingerprint density at radius 1 is 0.612 bits per heavy atom. The highest BCUT2D eigenvalue weighted by molar-refractivity contribution is 5.66. The number of allylic oxidation sites excluding steroid dienone is 5. The van der Waals surface area contributed by atoms with Crippen LogP contribution in [-0.4, -0.2) is 5.11 Å². The fourth-order valence-electron chi connectivity index (χ4n) is 11.1. The first kappa shape index (κ1) is 33.0. The molecule has 1 nitrogen and oxygen atoms in total. The largest absolute Gasteiger partial charge is 0.380 e. The average molecular weight is 651 g/mol. The smallest absolute Gasteiger partial charge is 0.115 e. The fourth-order valence-corrected chi connectivity index (χ4v) is 11.1. The highest BCUT2D eigenvalue weighted by Crippen LogP contribution is 2.56. The average Bonchev–Trinajstić information content (AvgIpc) is 3.15. The zero-order valence-electron chi connectivity index (χ0n) is 31.1. The van der Waals surface area contributed by atoms with E-state index in [1.165, 1.54) is 91.6 Å². The molecule has 256 valence electrons. The summed E-state index contributed by atoms with van der Waals surface area (Å²) in [5.74, 6) is 1.71.